The average Bonchev–Trinajstić information content (AvgIpc) is 2.30. The Balaban J connectivity index is 2.53. The van der Waals surface area contributed by atoms with Gasteiger partial charge in [-0.3, -0.25) is 4.79 Å². The van der Waals surface area contributed by atoms with Gasteiger partial charge >= 0.3 is 5.97 Å². The SMILES string of the molecule is CCCCNc1cccc(OC(=O)CC)c1. The molecule has 0 aliphatic heterocycles. The molecular formula is C13H19NO2. The van der Waals surface area contributed by atoms with E-state index in [4.69, 9.17) is 4.74 Å². The van der Waals surface area contributed by atoms with Gasteiger partial charge in [-0.1, -0.05) is 26.3 Å². The first kappa shape index (κ1) is 12.6. The largest absolute Gasteiger partial charge is 0.426 e. The molecule has 0 aliphatic carbocycles. The number of carbonyl (C=O) groups excluding carboxylic acids is 1. The van der Waals surface area contributed by atoms with Crippen LogP contribution in [0.3, 0.4) is 0 Å². The van der Waals surface area contributed by atoms with Crippen molar-refractivity contribution in [3.8, 4) is 5.75 Å². The smallest absolute Gasteiger partial charge is 0.310 e. The normalized spacial score (nSPS) is 9.88. The third-order valence-electron chi connectivity index (χ3n) is 2.21. The van der Waals surface area contributed by atoms with Gasteiger partial charge in [-0.15, -0.1) is 0 Å². The second-order valence-electron chi connectivity index (χ2n) is 3.64. The molecule has 3 nitrogen and oxygen atoms in total. The lowest BCUT2D eigenvalue weighted by molar-refractivity contribution is -0.134. The highest BCUT2D eigenvalue weighted by molar-refractivity contribution is 5.72. The molecule has 16 heavy (non-hydrogen) atoms. The van der Waals surface area contributed by atoms with Gasteiger partial charge in [0.15, 0.2) is 0 Å². The number of benzene rings is 1. The zero-order valence-electron chi connectivity index (χ0n) is 9.95. The van der Waals surface area contributed by atoms with Gasteiger partial charge < -0.3 is 10.1 Å². The minimum absolute atomic E-state index is 0.203. The van der Waals surface area contributed by atoms with E-state index in [9.17, 15) is 4.79 Å². The number of esters is 1. The Morgan fingerprint density at radius 3 is 2.88 bits per heavy atom. The summed E-state index contributed by atoms with van der Waals surface area (Å²) in [5.74, 6) is 0.402. The first-order valence-electron chi connectivity index (χ1n) is 5.81. The molecule has 1 rings (SSSR count). The fraction of sp³-hybridized carbons (Fsp3) is 0.462. The predicted octanol–water partition coefficient (Wildman–Crippen LogP) is 3.21. The summed E-state index contributed by atoms with van der Waals surface area (Å²) in [7, 11) is 0. The molecule has 0 unspecified atom stereocenters. The van der Waals surface area contributed by atoms with E-state index in [1.54, 1.807) is 13.0 Å². The van der Waals surface area contributed by atoms with E-state index in [1.165, 1.54) is 0 Å². The first-order valence-corrected chi connectivity index (χ1v) is 5.81. The molecule has 0 saturated carbocycles. The molecule has 88 valence electrons. The van der Waals surface area contributed by atoms with Crippen molar-refractivity contribution in [1.82, 2.24) is 0 Å². The quantitative estimate of drug-likeness (QED) is 0.455. The molecule has 0 fully saturated rings. The zero-order chi connectivity index (χ0) is 11.8. The minimum atomic E-state index is -0.203. The standard InChI is InChI=1S/C13H19NO2/c1-3-5-9-14-11-7-6-8-12(10-11)16-13(15)4-2/h6-8,10,14H,3-5,9H2,1-2H3. The van der Waals surface area contributed by atoms with E-state index in [2.05, 4.69) is 12.2 Å². The van der Waals surface area contributed by atoms with Crippen LogP contribution in [0.15, 0.2) is 24.3 Å². The van der Waals surface area contributed by atoms with Crippen molar-refractivity contribution in [2.45, 2.75) is 33.1 Å². The van der Waals surface area contributed by atoms with E-state index in [0.29, 0.717) is 12.2 Å². The number of nitrogens with one attached hydrogen (secondary N) is 1. The van der Waals surface area contributed by atoms with Crippen LogP contribution in [-0.2, 0) is 4.79 Å². The van der Waals surface area contributed by atoms with Crippen molar-refractivity contribution in [1.29, 1.82) is 0 Å². The summed E-state index contributed by atoms with van der Waals surface area (Å²) in [6.07, 6.45) is 2.70. The van der Waals surface area contributed by atoms with E-state index in [0.717, 1.165) is 25.1 Å². The number of hydrogen-bond donors (Lipinski definition) is 1. The van der Waals surface area contributed by atoms with Crippen molar-refractivity contribution in [3.05, 3.63) is 24.3 Å². The molecule has 0 aromatic heterocycles. The highest BCUT2D eigenvalue weighted by Crippen LogP contribution is 2.17. The lowest BCUT2D eigenvalue weighted by Gasteiger charge is -2.07. The van der Waals surface area contributed by atoms with Gasteiger partial charge in [0.1, 0.15) is 5.75 Å². The molecule has 3 heteroatoms. The van der Waals surface area contributed by atoms with Gasteiger partial charge in [0.05, 0.1) is 0 Å². The molecule has 0 radical (unpaired) electrons. The summed E-state index contributed by atoms with van der Waals surface area (Å²) >= 11 is 0. The monoisotopic (exact) mass is 221 g/mol. The maximum atomic E-state index is 11.1. The van der Waals surface area contributed by atoms with Crippen molar-refractivity contribution >= 4 is 11.7 Å². The van der Waals surface area contributed by atoms with E-state index in [-0.39, 0.29) is 5.97 Å². The maximum Gasteiger partial charge on any atom is 0.310 e. The molecule has 0 spiro atoms. The lowest BCUT2D eigenvalue weighted by Crippen LogP contribution is -2.06. The molecule has 1 aromatic carbocycles. The summed E-state index contributed by atoms with van der Waals surface area (Å²) in [6.45, 7) is 4.88. The fourth-order valence-electron chi connectivity index (χ4n) is 1.28. The number of anilines is 1. The van der Waals surface area contributed by atoms with Gasteiger partial charge in [-0.2, -0.15) is 0 Å². The number of carbonyl (C=O) groups is 1. The molecule has 0 heterocycles. The highest BCUT2D eigenvalue weighted by Gasteiger charge is 2.01. The van der Waals surface area contributed by atoms with Crippen LogP contribution < -0.4 is 10.1 Å². The summed E-state index contributed by atoms with van der Waals surface area (Å²) in [5.41, 5.74) is 0.995. The first-order chi connectivity index (χ1) is 7.76. The topological polar surface area (TPSA) is 38.3 Å². The summed E-state index contributed by atoms with van der Waals surface area (Å²) in [5, 5.41) is 3.29. The van der Waals surface area contributed by atoms with Crippen LogP contribution in [0, 0.1) is 0 Å². The van der Waals surface area contributed by atoms with Crippen molar-refractivity contribution in [2.75, 3.05) is 11.9 Å². The Kier molecular flexibility index (Phi) is 5.40. The molecule has 0 atom stereocenters. The fourth-order valence-corrected chi connectivity index (χ4v) is 1.28. The van der Waals surface area contributed by atoms with Gasteiger partial charge in [0.25, 0.3) is 0 Å². The third kappa shape index (κ3) is 4.34. The minimum Gasteiger partial charge on any atom is -0.426 e. The predicted molar refractivity (Wildman–Crippen MR) is 65.8 cm³/mol. The van der Waals surface area contributed by atoms with Gasteiger partial charge in [0, 0.05) is 24.7 Å². The molecule has 0 bridgehead atoms. The van der Waals surface area contributed by atoms with Crippen molar-refractivity contribution in [3.63, 3.8) is 0 Å². The van der Waals surface area contributed by atoms with Gasteiger partial charge in [0.2, 0.25) is 0 Å². The van der Waals surface area contributed by atoms with E-state index in [1.807, 2.05) is 18.2 Å². The number of ether oxygens (including phenoxy) is 1. The second kappa shape index (κ2) is 6.88. The second-order valence-corrected chi connectivity index (χ2v) is 3.64. The Hall–Kier alpha value is -1.51. The molecular weight excluding hydrogens is 202 g/mol. The lowest BCUT2D eigenvalue weighted by atomic mass is 10.3. The van der Waals surface area contributed by atoms with Crippen molar-refractivity contribution < 1.29 is 9.53 Å². The van der Waals surface area contributed by atoms with Crippen LogP contribution >= 0.6 is 0 Å². The molecule has 0 aliphatic rings. The van der Waals surface area contributed by atoms with E-state index < -0.39 is 0 Å². The zero-order valence-corrected chi connectivity index (χ0v) is 9.95. The van der Waals surface area contributed by atoms with Crippen LogP contribution in [0.1, 0.15) is 33.1 Å². The Labute approximate surface area is 96.8 Å². The maximum absolute atomic E-state index is 11.1. The molecule has 0 amide bonds. The van der Waals surface area contributed by atoms with Gasteiger partial charge in [-0.05, 0) is 18.6 Å². The summed E-state index contributed by atoms with van der Waals surface area (Å²) in [4.78, 5) is 11.1. The number of rotatable bonds is 6. The number of hydrogen-bond acceptors (Lipinski definition) is 3. The summed E-state index contributed by atoms with van der Waals surface area (Å²) < 4.78 is 5.13. The van der Waals surface area contributed by atoms with Crippen LogP contribution in [0.2, 0.25) is 0 Å². The third-order valence-corrected chi connectivity index (χ3v) is 2.21. The van der Waals surface area contributed by atoms with Crippen LogP contribution in [0.25, 0.3) is 0 Å². The van der Waals surface area contributed by atoms with Crippen LogP contribution in [-0.4, -0.2) is 12.5 Å². The Bertz CT molecular complexity index is 336. The number of unbranched alkanes of at least 4 members (excludes halogenated alkanes) is 1. The molecule has 1 aromatic rings. The average molecular weight is 221 g/mol. The van der Waals surface area contributed by atoms with Crippen LogP contribution in [0.4, 0.5) is 5.69 Å². The van der Waals surface area contributed by atoms with Crippen LogP contribution in [0.5, 0.6) is 5.75 Å². The van der Waals surface area contributed by atoms with Crippen molar-refractivity contribution in [2.24, 2.45) is 0 Å². The summed E-state index contributed by atoms with van der Waals surface area (Å²) in [6, 6.07) is 7.49. The van der Waals surface area contributed by atoms with E-state index >= 15 is 0 Å². The Morgan fingerprint density at radius 1 is 1.38 bits per heavy atom. The Morgan fingerprint density at radius 2 is 2.19 bits per heavy atom. The van der Waals surface area contributed by atoms with Gasteiger partial charge in [-0.25, -0.2) is 0 Å². The highest BCUT2D eigenvalue weighted by atomic mass is 16.5. The molecule has 0 saturated heterocycles. The molecule has 1 N–H and O–H groups in total.